The fourth-order valence-corrected chi connectivity index (χ4v) is 3.62. The molecular weight excluding hydrogens is 252 g/mol. The molecule has 1 heterocycles. The molecule has 0 atom stereocenters. The molecular formula is C16H22N2S. The first kappa shape index (κ1) is 12.9. The van der Waals surface area contributed by atoms with Crippen molar-refractivity contribution in [2.24, 2.45) is 11.8 Å². The second kappa shape index (κ2) is 5.12. The van der Waals surface area contributed by atoms with E-state index in [0.29, 0.717) is 0 Å². The normalized spacial score (nSPS) is 23.9. The highest BCUT2D eigenvalue weighted by Crippen LogP contribution is 2.30. The van der Waals surface area contributed by atoms with E-state index in [1.165, 1.54) is 42.3 Å². The second-order valence-electron chi connectivity index (χ2n) is 6.14. The number of H-pyrrole nitrogens is 1. The highest BCUT2D eigenvalue weighted by molar-refractivity contribution is 7.71. The van der Waals surface area contributed by atoms with Crippen molar-refractivity contribution in [3.05, 3.63) is 28.5 Å². The smallest absolute Gasteiger partial charge is 0.178 e. The van der Waals surface area contributed by atoms with E-state index in [4.69, 9.17) is 12.2 Å². The molecule has 1 aromatic heterocycles. The molecule has 3 rings (SSSR count). The van der Waals surface area contributed by atoms with Crippen molar-refractivity contribution >= 4 is 23.3 Å². The number of hydrogen-bond acceptors (Lipinski definition) is 1. The standard InChI is InChI=1S/C16H22N2S/c1-11-6-8-13(9-7-11)10-18-15-12(2)4-3-5-14(15)17-16(18)19/h3-5,11,13H,6-10H2,1-2H3,(H,17,19). The van der Waals surface area contributed by atoms with Gasteiger partial charge >= 0.3 is 0 Å². The lowest BCUT2D eigenvalue weighted by Crippen LogP contribution is -2.17. The van der Waals surface area contributed by atoms with E-state index < -0.39 is 0 Å². The molecule has 2 nitrogen and oxygen atoms in total. The van der Waals surface area contributed by atoms with Crippen molar-refractivity contribution in [2.75, 3.05) is 0 Å². The minimum absolute atomic E-state index is 0.793. The number of hydrogen-bond donors (Lipinski definition) is 1. The van der Waals surface area contributed by atoms with Gasteiger partial charge in [-0.05, 0) is 55.4 Å². The lowest BCUT2D eigenvalue weighted by atomic mass is 9.83. The second-order valence-corrected chi connectivity index (χ2v) is 6.52. The molecule has 0 radical (unpaired) electrons. The third-order valence-corrected chi connectivity index (χ3v) is 4.89. The number of benzene rings is 1. The van der Waals surface area contributed by atoms with Gasteiger partial charge in [-0.2, -0.15) is 0 Å². The van der Waals surface area contributed by atoms with Crippen LogP contribution in [0, 0.1) is 23.5 Å². The molecule has 0 aliphatic heterocycles. The van der Waals surface area contributed by atoms with Crippen molar-refractivity contribution < 1.29 is 0 Å². The Morgan fingerprint density at radius 1 is 1.26 bits per heavy atom. The number of aryl methyl sites for hydroxylation is 1. The van der Waals surface area contributed by atoms with Crippen LogP contribution in [0.3, 0.4) is 0 Å². The van der Waals surface area contributed by atoms with E-state index in [1.54, 1.807) is 0 Å². The minimum Gasteiger partial charge on any atom is -0.331 e. The van der Waals surface area contributed by atoms with Crippen molar-refractivity contribution in [3.8, 4) is 0 Å². The van der Waals surface area contributed by atoms with E-state index in [0.717, 1.165) is 23.2 Å². The number of nitrogens with one attached hydrogen (secondary N) is 1. The summed E-state index contributed by atoms with van der Waals surface area (Å²) in [7, 11) is 0. The topological polar surface area (TPSA) is 20.7 Å². The Hall–Kier alpha value is -1.09. The van der Waals surface area contributed by atoms with Crippen LogP contribution in [0.5, 0.6) is 0 Å². The van der Waals surface area contributed by atoms with E-state index in [-0.39, 0.29) is 0 Å². The van der Waals surface area contributed by atoms with Crippen LogP contribution in [0.25, 0.3) is 11.0 Å². The maximum Gasteiger partial charge on any atom is 0.178 e. The fourth-order valence-electron chi connectivity index (χ4n) is 3.35. The summed E-state index contributed by atoms with van der Waals surface area (Å²) in [6, 6.07) is 6.39. The molecule has 1 N–H and O–H groups in total. The van der Waals surface area contributed by atoms with E-state index in [2.05, 4.69) is 41.6 Å². The van der Waals surface area contributed by atoms with Gasteiger partial charge in [0.1, 0.15) is 0 Å². The first-order chi connectivity index (χ1) is 9.15. The van der Waals surface area contributed by atoms with Crippen molar-refractivity contribution in [2.45, 2.75) is 46.1 Å². The lowest BCUT2D eigenvalue weighted by Gasteiger charge is -2.26. The van der Waals surface area contributed by atoms with Crippen LogP contribution in [-0.4, -0.2) is 9.55 Å². The number of rotatable bonds is 2. The van der Waals surface area contributed by atoms with Gasteiger partial charge in [0.05, 0.1) is 11.0 Å². The third kappa shape index (κ3) is 2.48. The predicted octanol–water partition coefficient (Wildman–Crippen LogP) is 4.83. The summed E-state index contributed by atoms with van der Waals surface area (Å²) < 4.78 is 3.20. The zero-order valence-electron chi connectivity index (χ0n) is 11.8. The summed E-state index contributed by atoms with van der Waals surface area (Å²) in [6.45, 7) is 5.62. The Balaban J connectivity index is 1.92. The molecule has 1 saturated carbocycles. The molecule has 1 aliphatic carbocycles. The van der Waals surface area contributed by atoms with E-state index in [1.807, 2.05) is 0 Å². The average molecular weight is 274 g/mol. The van der Waals surface area contributed by atoms with Gasteiger partial charge < -0.3 is 9.55 Å². The van der Waals surface area contributed by atoms with E-state index in [9.17, 15) is 0 Å². The zero-order valence-corrected chi connectivity index (χ0v) is 12.6. The van der Waals surface area contributed by atoms with E-state index >= 15 is 0 Å². The number of imidazole rings is 1. The molecule has 1 aliphatic rings. The first-order valence-electron chi connectivity index (χ1n) is 7.33. The quantitative estimate of drug-likeness (QED) is 0.778. The monoisotopic (exact) mass is 274 g/mol. The fraction of sp³-hybridized carbons (Fsp3) is 0.562. The minimum atomic E-state index is 0.793. The number of nitrogens with zero attached hydrogens (tertiary/aromatic N) is 1. The molecule has 2 aromatic rings. The maximum atomic E-state index is 5.51. The SMILES string of the molecule is Cc1cccc2[nH]c(=S)n(CC3CCC(C)CC3)c12. The Morgan fingerprint density at radius 3 is 2.74 bits per heavy atom. The average Bonchev–Trinajstić information content (AvgIpc) is 2.70. The molecule has 1 aromatic carbocycles. The molecule has 0 unspecified atom stereocenters. The largest absolute Gasteiger partial charge is 0.331 e. The van der Waals surface area contributed by atoms with Gasteiger partial charge in [0.25, 0.3) is 0 Å². The van der Waals surface area contributed by atoms with Gasteiger partial charge in [-0.15, -0.1) is 0 Å². The highest BCUT2D eigenvalue weighted by atomic mass is 32.1. The van der Waals surface area contributed by atoms with Crippen LogP contribution in [0.4, 0.5) is 0 Å². The molecule has 0 spiro atoms. The number of fused-ring (bicyclic) bond motifs is 1. The zero-order chi connectivity index (χ0) is 13.4. The summed E-state index contributed by atoms with van der Waals surface area (Å²) in [6.07, 6.45) is 5.45. The third-order valence-electron chi connectivity index (χ3n) is 4.57. The lowest BCUT2D eigenvalue weighted by molar-refractivity contribution is 0.266. The van der Waals surface area contributed by atoms with Gasteiger partial charge in [-0.25, -0.2) is 0 Å². The molecule has 1 fully saturated rings. The Bertz CT molecular complexity index is 630. The van der Waals surface area contributed by atoms with Crippen molar-refractivity contribution in [1.29, 1.82) is 0 Å². The van der Waals surface area contributed by atoms with Gasteiger partial charge in [0.2, 0.25) is 0 Å². The molecule has 0 amide bonds. The van der Waals surface area contributed by atoms with Crippen LogP contribution >= 0.6 is 12.2 Å². The number of para-hydroxylation sites is 1. The molecule has 0 bridgehead atoms. The summed E-state index contributed by atoms with van der Waals surface area (Å²) in [5, 5.41) is 0. The predicted molar refractivity (Wildman–Crippen MR) is 83.0 cm³/mol. The van der Waals surface area contributed by atoms with Crippen LogP contribution < -0.4 is 0 Å². The summed E-state index contributed by atoms with van der Waals surface area (Å²) in [5.74, 6) is 1.70. The van der Waals surface area contributed by atoms with Crippen LogP contribution in [0.1, 0.15) is 38.2 Å². The first-order valence-corrected chi connectivity index (χ1v) is 7.74. The highest BCUT2D eigenvalue weighted by Gasteiger charge is 2.19. The Labute approximate surface area is 119 Å². The van der Waals surface area contributed by atoms with Gasteiger partial charge in [0, 0.05) is 6.54 Å². The van der Waals surface area contributed by atoms with Gasteiger partial charge in [-0.1, -0.05) is 31.9 Å². The van der Waals surface area contributed by atoms with Crippen molar-refractivity contribution in [1.82, 2.24) is 9.55 Å². The molecule has 19 heavy (non-hydrogen) atoms. The Morgan fingerprint density at radius 2 is 2.00 bits per heavy atom. The summed E-state index contributed by atoms with van der Waals surface area (Å²) in [5.41, 5.74) is 3.79. The number of aromatic nitrogens is 2. The Kier molecular flexibility index (Phi) is 3.48. The van der Waals surface area contributed by atoms with Gasteiger partial charge in [0.15, 0.2) is 4.77 Å². The van der Waals surface area contributed by atoms with Crippen LogP contribution in [-0.2, 0) is 6.54 Å². The summed E-state index contributed by atoms with van der Waals surface area (Å²) >= 11 is 5.51. The number of aromatic amines is 1. The van der Waals surface area contributed by atoms with Crippen LogP contribution in [0.2, 0.25) is 0 Å². The van der Waals surface area contributed by atoms with Gasteiger partial charge in [-0.3, -0.25) is 0 Å². The molecule has 102 valence electrons. The molecule has 0 saturated heterocycles. The maximum absolute atomic E-state index is 5.51. The molecule has 3 heteroatoms. The van der Waals surface area contributed by atoms with Crippen LogP contribution in [0.15, 0.2) is 18.2 Å². The summed E-state index contributed by atoms with van der Waals surface area (Å²) in [4.78, 5) is 3.34. The van der Waals surface area contributed by atoms with Crippen molar-refractivity contribution in [3.63, 3.8) is 0 Å².